The second-order valence-electron chi connectivity index (χ2n) is 7.61. The Morgan fingerprint density at radius 3 is 2.69 bits per heavy atom. The van der Waals surface area contributed by atoms with Crippen LogP contribution in [-0.4, -0.2) is 27.3 Å². The number of carbonyl (C=O) groups excluding carboxylic acids is 3. The summed E-state index contributed by atoms with van der Waals surface area (Å²) in [7, 11) is 0. The topological polar surface area (TPSA) is 107 Å². The predicted octanol–water partition coefficient (Wildman–Crippen LogP) is 2.11. The highest BCUT2D eigenvalue weighted by Gasteiger charge is 2.52. The van der Waals surface area contributed by atoms with E-state index in [1.54, 1.807) is 24.3 Å². The van der Waals surface area contributed by atoms with Crippen LogP contribution < -0.4 is 10.9 Å². The van der Waals surface area contributed by atoms with Gasteiger partial charge in [-0.25, -0.2) is 14.2 Å². The van der Waals surface area contributed by atoms with Crippen LogP contribution >= 0.6 is 0 Å². The van der Waals surface area contributed by atoms with Gasteiger partial charge in [-0.05, 0) is 37.5 Å². The minimum absolute atomic E-state index is 0.0134. The molecule has 1 aromatic heterocycles. The smallest absolute Gasteiger partial charge is 0.342 e. The summed E-state index contributed by atoms with van der Waals surface area (Å²) in [6, 6.07) is 12.3. The summed E-state index contributed by atoms with van der Waals surface area (Å²) in [5, 5.41) is 2.23. The second-order valence-corrected chi connectivity index (χ2v) is 7.61. The van der Waals surface area contributed by atoms with Crippen molar-refractivity contribution < 1.29 is 23.5 Å². The van der Waals surface area contributed by atoms with Crippen LogP contribution in [0.1, 0.15) is 30.7 Å². The molecule has 2 aromatic carbocycles. The van der Waals surface area contributed by atoms with E-state index in [0.717, 1.165) is 16.7 Å². The Bertz CT molecular complexity index is 1290. The van der Waals surface area contributed by atoms with E-state index in [4.69, 9.17) is 4.74 Å². The standard InChI is InChI=1S/C23H20FN3O5/c1-14-25-18-12-16(24)9-10-17(18)20(29)27(14)23(11-5-8-19(28)26-21(23)30)22(31)32-13-15-6-3-2-4-7-15/h2-4,6-7,9-10,12H,5,8,11,13H2,1H3,(H,26,28,30). The average molecular weight is 437 g/mol. The number of esters is 1. The normalized spacial score (nSPS) is 18.8. The number of fused-ring (bicyclic) bond motifs is 1. The molecule has 8 nitrogen and oxygen atoms in total. The van der Waals surface area contributed by atoms with Gasteiger partial charge in [-0.2, -0.15) is 0 Å². The first kappa shape index (κ1) is 21.4. The first-order valence-electron chi connectivity index (χ1n) is 10.1. The first-order valence-corrected chi connectivity index (χ1v) is 10.1. The van der Waals surface area contributed by atoms with Gasteiger partial charge in [0.1, 0.15) is 18.2 Å². The number of hydrogen-bond acceptors (Lipinski definition) is 6. The molecular formula is C23H20FN3O5. The van der Waals surface area contributed by atoms with Gasteiger partial charge in [0.05, 0.1) is 10.9 Å². The Morgan fingerprint density at radius 1 is 1.19 bits per heavy atom. The van der Waals surface area contributed by atoms with E-state index in [-0.39, 0.29) is 42.6 Å². The van der Waals surface area contributed by atoms with Gasteiger partial charge < -0.3 is 4.74 Å². The van der Waals surface area contributed by atoms with Gasteiger partial charge in [-0.3, -0.25) is 24.3 Å². The molecule has 9 heteroatoms. The molecule has 2 heterocycles. The molecule has 1 fully saturated rings. The Labute approximate surface area is 182 Å². The van der Waals surface area contributed by atoms with E-state index in [1.807, 2.05) is 6.07 Å². The van der Waals surface area contributed by atoms with Crippen molar-refractivity contribution in [2.45, 2.75) is 38.3 Å². The molecule has 1 saturated heterocycles. The zero-order valence-corrected chi connectivity index (χ0v) is 17.3. The zero-order chi connectivity index (χ0) is 22.9. The minimum Gasteiger partial charge on any atom is -0.459 e. The Balaban J connectivity index is 1.87. The van der Waals surface area contributed by atoms with Crippen molar-refractivity contribution in [1.82, 2.24) is 14.9 Å². The van der Waals surface area contributed by atoms with Crippen LogP contribution in [0.2, 0.25) is 0 Å². The Morgan fingerprint density at radius 2 is 1.94 bits per heavy atom. The Kier molecular flexibility index (Phi) is 5.56. The van der Waals surface area contributed by atoms with Crippen molar-refractivity contribution in [2.75, 3.05) is 0 Å². The monoisotopic (exact) mass is 437 g/mol. The SMILES string of the molecule is Cc1nc2cc(F)ccc2c(=O)n1C1(C(=O)OCc2ccccc2)CCCC(=O)NC1=O. The molecule has 0 saturated carbocycles. The quantitative estimate of drug-likeness (QED) is 0.381. The summed E-state index contributed by atoms with van der Waals surface area (Å²) in [4.78, 5) is 56.3. The van der Waals surface area contributed by atoms with Crippen LogP contribution in [0.15, 0.2) is 53.3 Å². The summed E-state index contributed by atoms with van der Waals surface area (Å²) in [5.41, 5.74) is -2.04. The van der Waals surface area contributed by atoms with Gasteiger partial charge in [0.15, 0.2) is 0 Å². The van der Waals surface area contributed by atoms with E-state index < -0.39 is 34.7 Å². The maximum Gasteiger partial charge on any atom is 0.342 e. The van der Waals surface area contributed by atoms with Crippen molar-refractivity contribution in [2.24, 2.45) is 0 Å². The average Bonchev–Trinajstić information content (AvgIpc) is 2.90. The van der Waals surface area contributed by atoms with Crippen LogP contribution in [0.4, 0.5) is 4.39 Å². The summed E-state index contributed by atoms with van der Waals surface area (Å²) < 4.78 is 20.1. The maximum atomic E-state index is 13.7. The number of nitrogens with zero attached hydrogens (tertiary/aromatic N) is 2. The van der Waals surface area contributed by atoms with Crippen LogP contribution in [0.25, 0.3) is 10.9 Å². The van der Waals surface area contributed by atoms with Gasteiger partial charge in [0.2, 0.25) is 11.4 Å². The fraction of sp³-hybridized carbons (Fsp3) is 0.261. The molecule has 0 bridgehead atoms. The molecule has 1 unspecified atom stereocenters. The van der Waals surface area contributed by atoms with Crippen LogP contribution in [-0.2, 0) is 31.3 Å². The third-order valence-corrected chi connectivity index (χ3v) is 5.50. The molecule has 0 aliphatic carbocycles. The van der Waals surface area contributed by atoms with E-state index in [0.29, 0.717) is 5.56 Å². The summed E-state index contributed by atoms with van der Waals surface area (Å²) in [5.74, 6) is -3.02. The summed E-state index contributed by atoms with van der Waals surface area (Å²) >= 11 is 0. The molecule has 0 spiro atoms. The van der Waals surface area contributed by atoms with Crippen molar-refractivity contribution in [1.29, 1.82) is 0 Å². The number of halogens is 1. The van der Waals surface area contributed by atoms with E-state index in [9.17, 15) is 23.6 Å². The molecule has 1 aliphatic heterocycles. The van der Waals surface area contributed by atoms with Crippen molar-refractivity contribution >= 4 is 28.7 Å². The van der Waals surface area contributed by atoms with Gasteiger partial charge in [0, 0.05) is 12.5 Å². The lowest BCUT2D eigenvalue weighted by molar-refractivity contribution is -0.161. The number of nitrogens with one attached hydrogen (secondary N) is 1. The zero-order valence-electron chi connectivity index (χ0n) is 17.3. The maximum absolute atomic E-state index is 13.7. The molecule has 32 heavy (non-hydrogen) atoms. The molecule has 1 N–H and O–H groups in total. The van der Waals surface area contributed by atoms with Gasteiger partial charge in [0.25, 0.3) is 11.5 Å². The minimum atomic E-state index is -2.13. The molecular weight excluding hydrogens is 417 g/mol. The number of imide groups is 1. The first-order chi connectivity index (χ1) is 15.3. The largest absolute Gasteiger partial charge is 0.459 e. The van der Waals surface area contributed by atoms with Crippen molar-refractivity contribution in [3.8, 4) is 0 Å². The number of aromatic nitrogens is 2. The molecule has 1 aliphatic rings. The van der Waals surface area contributed by atoms with Crippen LogP contribution in [0.5, 0.6) is 0 Å². The lowest BCUT2D eigenvalue weighted by atomic mass is 9.91. The number of benzene rings is 2. The number of hydrogen-bond donors (Lipinski definition) is 1. The number of ether oxygens (including phenoxy) is 1. The molecule has 4 rings (SSSR count). The third-order valence-electron chi connectivity index (χ3n) is 5.50. The van der Waals surface area contributed by atoms with Gasteiger partial charge >= 0.3 is 5.97 Å². The molecule has 2 amide bonds. The van der Waals surface area contributed by atoms with E-state index in [1.165, 1.54) is 13.0 Å². The van der Waals surface area contributed by atoms with E-state index >= 15 is 0 Å². The third kappa shape index (κ3) is 3.66. The predicted molar refractivity (Wildman–Crippen MR) is 112 cm³/mol. The lowest BCUT2D eigenvalue weighted by Gasteiger charge is -2.31. The highest BCUT2D eigenvalue weighted by Crippen LogP contribution is 2.29. The second kappa shape index (κ2) is 8.33. The number of aryl methyl sites for hydroxylation is 1. The molecule has 3 aromatic rings. The number of amides is 2. The van der Waals surface area contributed by atoms with Gasteiger partial charge in [-0.1, -0.05) is 30.3 Å². The number of carbonyl (C=O) groups is 3. The lowest BCUT2D eigenvalue weighted by Crippen LogP contribution is -2.58. The van der Waals surface area contributed by atoms with Gasteiger partial charge in [-0.15, -0.1) is 0 Å². The highest BCUT2D eigenvalue weighted by molar-refractivity contribution is 6.11. The van der Waals surface area contributed by atoms with E-state index in [2.05, 4.69) is 10.3 Å². The molecule has 0 radical (unpaired) electrons. The van der Waals surface area contributed by atoms with Crippen LogP contribution in [0.3, 0.4) is 0 Å². The summed E-state index contributed by atoms with van der Waals surface area (Å²) in [6.45, 7) is 1.32. The van der Waals surface area contributed by atoms with Crippen molar-refractivity contribution in [3.63, 3.8) is 0 Å². The number of rotatable bonds is 4. The fourth-order valence-corrected chi connectivity index (χ4v) is 3.97. The molecule has 1 atom stereocenters. The molecule has 164 valence electrons. The highest BCUT2D eigenvalue weighted by atomic mass is 19.1. The summed E-state index contributed by atoms with van der Waals surface area (Å²) in [6.07, 6.45) is 0.0537. The van der Waals surface area contributed by atoms with Crippen molar-refractivity contribution in [3.05, 3.63) is 76.1 Å². The Hall–Kier alpha value is -3.88. The van der Waals surface area contributed by atoms with Crippen LogP contribution in [0, 0.1) is 12.7 Å². The fourth-order valence-electron chi connectivity index (χ4n) is 3.97.